The van der Waals surface area contributed by atoms with E-state index in [0.717, 1.165) is 25.9 Å². The normalized spacial score (nSPS) is 20.2. The van der Waals surface area contributed by atoms with E-state index in [4.69, 9.17) is 9.84 Å². The Morgan fingerprint density at radius 2 is 2.30 bits per heavy atom. The molecule has 1 saturated heterocycles. The Bertz CT molecular complexity index is 538. The molecule has 1 aliphatic heterocycles. The molecule has 2 N–H and O–H groups in total. The zero-order valence-electron chi connectivity index (χ0n) is 11.0. The maximum Gasteiger partial charge on any atom is 0.242 e. The van der Waals surface area contributed by atoms with Gasteiger partial charge in [-0.15, -0.1) is 11.3 Å². The van der Waals surface area contributed by atoms with Crippen LogP contribution in [0.15, 0.2) is 14.7 Å². The third-order valence-corrected chi connectivity index (χ3v) is 6.88. The SMILES string of the molecule is O=S(=O)(NCCC1CCCCO1)c1cc(CO)sc1Br. The first kappa shape index (κ1) is 16.4. The first-order valence-corrected chi connectivity index (χ1v) is 9.62. The van der Waals surface area contributed by atoms with Gasteiger partial charge in [-0.1, -0.05) is 0 Å². The van der Waals surface area contributed by atoms with Gasteiger partial charge in [0.2, 0.25) is 10.0 Å². The maximum atomic E-state index is 12.2. The van der Waals surface area contributed by atoms with Crippen LogP contribution in [0.25, 0.3) is 0 Å². The van der Waals surface area contributed by atoms with Crippen molar-refractivity contribution in [3.63, 3.8) is 0 Å². The number of thiophene rings is 1. The summed E-state index contributed by atoms with van der Waals surface area (Å²) in [7, 11) is -3.53. The van der Waals surface area contributed by atoms with Crippen molar-refractivity contribution in [1.82, 2.24) is 4.72 Å². The minimum atomic E-state index is -3.53. The summed E-state index contributed by atoms with van der Waals surface area (Å²) in [6.45, 7) is 0.978. The van der Waals surface area contributed by atoms with Crippen molar-refractivity contribution >= 4 is 37.3 Å². The molecule has 0 amide bonds. The summed E-state index contributed by atoms with van der Waals surface area (Å²) >= 11 is 4.45. The largest absolute Gasteiger partial charge is 0.391 e. The van der Waals surface area contributed by atoms with Gasteiger partial charge < -0.3 is 9.84 Å². The molecule has 0 aromatic carbocycles. The Balaban J connectivity index is 1.91. The highest BCUT2D eigenvalue weighted by molar-refractivity contribution is 9.11. The number of ether oxygens (including phenoxy) is 1. The quantitative estimate of drug-likeness (QED) is 0.789. The smallest absolute Gasteiger partial charge is 0.242 e. The van der Waals surface area contributed by atoms with E-state index in [0.29, 0.717) is 21.6 Å². The Labute approximate surface area is 131 Å². The van der Waals surface area contributed by atoms with Gasteiger partial charge in [0.25, 0.3) is 0 Å². The van der Waals surface area contributed by atoms with Crippen molar-refractivity contribution in [3.05, 3.63) is 14.7 Å². The molecule has 1 unspecified atom stereocenters. The van der Waals surface area contributed by atoms with Crippen LogP contribution in [0, 0.1) is 0 Å². The molecule has 1 aromatic rings. The third-order valence-electron chi connectivity index (χ3n) is 3.18. The van der Waals surface area contributed by atoms with Gasteiger partial charge in [-0.2, -0.15) is 0 Å². The first-order chi connectivity index (χ1) is 9.53. The van der Waals surface area contributed by atoms with Gasteiger partial charge in [-0.25, -0.2) is 13.1 Å². The lowest BCUT2D eigenvalue weighted by Gasteiger charge is -2.22. The minimum Gasteiger partial charge on any atom is -0.391 e. The van der Waals surface area contributed by atoms with E-state index in [-0.39, 0.29) is 17.6 Å². The fourth-order valence-corrected chi connectivity index (χ4v) is 5.71. The van der Waals surface area contributed by atoms with Crippen LogP contribution in [-0.2, 0) is 21.4 Å². The molecule has 1 atom stereocenters. The van der Waals surface area contributed by atoms with E-state index in [2.05, 4.69) is 20.7 Å². The molecule has 2 rings (SSSR count). The lowest BCUT2D eigenvalue weighted by atomic mass is 10.1. The average Bonchev–Trinajstić information content (AvgIpc) is 2.82. The average molecular weight is 384 g/mol. The van der Waals surface area contributed by atoms with E-state index < -0.39 is 10.0 Å². The standard InChI is InChI=1S/C12H18BrNO4S2/c13-12-11(7-10(8-15)19-12)20(16,17)14-5-4-9-3-1-2-6-18-9/h7,9,14-15H,1-6,8H2. The van der Waals surface area contributed by atoms with Gasteiger partial charge in [-0.3, -0.25) is 0 Å². The van der Waals surface area contributed by atoms with Gasteiger partial charge in [0, 0.05) is 18.0 Å². The molecule has 0 saturated carbocycles. The van der Waals surface area contributed by atoms with Crippen molar-refractivity contribution in [2.45, 2.75) is 43.3 Å². The van der Waals surface area contributed by atoms with Crippen molar-refractivity contribution in [2.24, 2.45) is 0 Å². The zero-order chi connectivity index (χ0) is 14.6. The number of hydrogen-bond acceptors (Lipinski definition) is 5. The number of hydrogen-bond donors (Lipinski definition) is 2. The second kappa shape index (κ2) is 7.33. The summed E-state index contributed by atoms with van der Waals surface area (Å²) in [5.74, 6) is 0. The second-order valence-electron chi connectivity index (χ2n) is 4.68. The van der Waals surface area contributed by atoms with Crippen LogP contribution in [-0.4, -0.2) is 32.8 Å². The molecule has 114 valence electrons. The van der Waals surface area contributed by atoms with E-state index in [1.165, 1.54) is 17.4 Å². The number of rotatable bonds is 6. The molecule has 1 aromatic heterocycles. The van der Waals surface area contributed by atoms with Gasteiger partial charge >= 0.3 is 0 Å². The molecule has 0 spiro atoms. The van der Waals surface area contributed by atoms with E-state index >= 15 is 0 Å². The van der Waals surface area contributed by atoms with Gasteiger partial charge in [0.15, 0.2) is 0 Å². The third kappa shape index (κ3) is 4.25. The van der Waals surface area contributed by atoms with Crippen LogP contribution in [0.5, 0.6) is 0 Å². The van der Waals surface area contributed by atoms with Crippen molar-refractivity contribution < 1.29 is 18.3 Å². The molecule has 2 heterocycles. The predicted molar refractivity (Wildman–Crippen MR) is 81.3 cm³/mol. The summed E-state index contributed by atoms with van der Waals surface area (Å²) in [5, 5.41) is 9.05. The molecule has 0 bridgehead atoms. The Morgan fingerprint density at radius 3 is 2.90 bits per heavy atom. The highest BCUT2D eigenvalue weighted by atomic mass is 79.9. The van der Waals surface area contributed by atoms with Crippen LogP contribution in [0.4, 0.5) is 0 Å². The van der Waals surface area contributed by atoms with Crippen LogP contribution in [0.1, 0.15) is 30.6 Å². The van der Waals surface area contributed by atoms with E-state index in [1.807, 2.05) is 0 Å². The molecule has 8 heteroatoms. The summed E-state index contributed by atoms with van der Waals surface area (Å²) in [6.07, 6.45) is 4.08. The van der Waals surface area contributed by atoms with E-state index in [1.54, 1.807) is 0 Å². The lowest BCUT2D eigenvalue weighted by Crippen LogP contribution is -2.29. The fourth-order valence-electron chi connectivity index (χ4n) is 2.13. The summed E-state index contributed by atoms with van der Waals surface area (Å²) < 4.78 is 33.0. The fraction of sp³-hybridized carbons (Fsp3) is 0.667. The van der Waals surface area contributed by atoms with E-state index in [9.17, 15) is 8.42 Å². The number of halogens is 1. The number of aliphatic hydroxyl groups is 1. The van der Waals surface area contributed by atoms with Crippen LogP contribution < -0.4 is 4.72 Å². The zero-order valence-corrected chi connectivity index (χ0v) is 14.2. The summed E-state index contributed by atoms with van der Waals surface area (Å²) in [4.78, 5) is 0.809. The molecular weight excluding hydrogens is 366 g/mol. The van der Waals surface area contributed by atoms with Crippen LogP contribution in [0.2, 0.25) is 0 Å². The monoisotopic (exact) mass is 383 g/mol. The van der Waals surface area contributed by atoms with Gasteiger partial charge in [-0.05, 0) is 47.7 Å². The highest BCUT2D eigenvalue weighted by Gasteiger charge is 2.21. The summed E-state index contributed by atoms with van der Waals surface area (Å²) in [6, 6.07) is 1.49. The molecular formula is C12H18BrNO4S2. The summed E-state index contributed by atoms with van der Waals surface area (Å²) in [5.41, 5.74) is 0. The topological polar surface area (TPSA) is 75.6 Å². The number of sulfonamides is 1. The Morgan fingerprint density at radius 1 is 1.50 bits per heavy atom. The molecule has 0 radical (unpaired) electrons. The van der Waals surface area contributed by atoms with Gasteiger partial charge in [0.05, 0.1) is 16.5 Å². The van der Waals surface area contributed by atoms with Crippen molar-refractivity contribution in [1.29, 1.82) is 0 Å². The lowest BCUT2D eigenvalue weighted by molar-refractivity contribution is 0.0123. The van der Waals surface area contributed by atoms with Crippen LogP contribution >= 0.6 is 27.3 Å². The maximum absolute atomic E-state index is 12.2. The predicted octanol–water partition coefficient (Wildman–Crippen LogP) is 2.24. The molecule has 1 aliphatic rings. The molecule has 1 fully saturated rings. The number of nitrogens with one attached hydrogen (secondary N) is 1. The second-order valence-corrected chi connectivity index (χ2v) is 8.87. The Kier molecular flexibility index (Phi) is 6.00. The van der Waals surface area contributed by atoms with Crippen molar-refractivity contribution in [3.8, 4) is 0 Å². The molecule has 20 heavy (non-hydrogen) atoms. The molecule has 0 aliphatic carbocycles. The van der Waals surface area contributed by atoms with Crippen LogP contribution in [0.3, 0.4) is 0 Å². The Hall–Kier alpha value is 0.01000. The highest BCUT2D eigenvalue weighted by Crippen LogP contribution is 2.31. The minimum absolute atomic E-state index is 0.158. The van der Waals surface area contributed by atoms with Crippen molar-refractivity contribution in [2.75, 3.05) is 13.2 Å². The first-order valence-electron chi connectivity index (χ1n) is 6.53. The van der Waals surface area contributed by atoms with Gasteiger partial charge in [0.1, 0.15) is 4.90 Å². The molecule has 5 nitrogen and oxygen atoms in total. The number of aliphatic hydroxyl groups excluding tert-OH is 1.